The number of ether oxygens (including phenoxy) is 1. The predicted molar refractivity (Wildman–Crippen MR) is 82.7 cm³/mol. The first kappa shape index (κ1) is 17.2. The van der Waals surface area contributed by atoms with Crippen LogP contribution in [0, 0.1) is 0 Å². The van der Waals surface area contributed by atoms with Gasteiger partial charge in [0.25, 0.3) is 0 Å². The van der Waals surface area contributed by atoms with Crippen LogP contribution in [0.25, 0.3) is 0 Å². The van der Waals surface area contributed by atoms with Gasteiger partial charge in [0.15, 0.2) is 0 Å². The number of nitrogens with zero attached hydrogens (tertiary/aromatic N) is 1. The highest BCUT2D eigenvalue weighted by Crippen LogP contribution is 2.32. The summed E-state index contributed by atoms with van der Waals surface area (Å²) in [6.45, 7) is 2.05. The summed E-state index contributed by atoms with van der Waals surface area (Å²) in [6, 6.07) is 6.96. The highest BCUT2D eigenvalue weighted by Gasteiger charge is 2.36. The maximum atomic E-state index is 11.6. The van der Waals surface area contributed by atoms with Crippen molar-refractivity contribution in [2.24, 2.45) is 0 Å². The first-order valence-corrected chi connectivity index (χ1v) is 7.17. The lowest BCUT2D eigenvalue weighted by Gasteiger charge is -2.27. The fourth-order valence-corrected chi connectivity index (χ4v) is 1.66. The lowest BCUT2D eigenvalue weighted by Crippen LogP contribution is -2.50. The Morgan fingerprint density at radius 3 is 2.25 bits per heavy atom. The molecular weight excluding hydrogens is 323 g/mol. The third-order valence-electron chi connectivity index (χ3n) is 2.54. The second-order valence-corrected chi connectivity index (χ2v) is 6.75. The number of urea groups is 1. The molecular formula is C13H17Cl3N2O2. The smallest absolute Gasteiger partial charge is 0.319 e. The first-order chi connectivity index (χ1) is 9.24. The fraction of sp³-hybridized carbons (Fsp3) is 0.462. The molecule has 112 valence electrons. The Labute approximate surface area is 133 Å². The molecule has 1 aromatic carbocycles. The standard InChI is InChI=1S/C13H17Cl3N2O2/c1-4-9-5-7-10(8-6-9)20-11(13(14,15)16)17-12(19)18(2)3/h5-8,11H,4H2,1-3H3,(H,17,19). The van der Waals surface area contributed by atoms with Crippen LogP contribution < -0.4 is 10.1 Å². The molecule has 1 atom stereocenters. The summed E-state index contributed by atoms with van der Waals surface area (Å²) in [5.41, 5.74) is 1.17. The van der Waals surface area contributed by atoms with Gasteiger partial charge >= 0.3 is 6.03 Å². The molecule has 0 bridgehead atoms. The van der Waals surface area contributed by atoms with Gasteiger partial charge in [0.1, 0.15) is 5.75 Å². The largest absolute Gasteiger partial charge is 0.466 e. The van der Waals surface area contributed by atoms with Gasteiger partial charge in [-0.1, -0.05) is 53.9 Å². The molecule has 7 heteroatoms. The van der Waals surface area contributed by atoms with Crippen molar-refractivity contribution in [2.45, 2.75) is 23.4 Å². The lowest BCUT2D eigenvalue weighted by atomic mass is 10.2. The van der Waals surface area contributed by atoms with Crippen molar-refractivity contribution in [3.05, 3.63) is 29.8 Å². The fourth-order valence-electron chi connectivity index (χ4n) is 1.36. The van der Waals surface area contributed by atoms with Crippen LogP contribution >= 0.6 is 34.8 Å². The normalized spacial score (nSPS) is 12.7. The number of hydrogen-bond acceptors (Lipinski definition) is 2. The zero-order valence-corrected chi connectivity index (χ0v) is 13.8. The second kappa shape index (κ2) is 7.25. The van der Waals surface area contributed by atoms with E-state index in [1.165, 1.54) is 10.5 Å². The third-order valence-corrected chi connectivity index (χ3v) is 3.14. The summed E-state index contributed by atoms with van der Waals surface area (Å²) in [6.07, 6.45) is -0.166. The van der Waals surface area contributed by atoms with Gasteiger partial charge in [-0.25, -0.2) is 4.79 Å². The van der Waals surface area contributed by atoms with Gasteiger partial charge in [-0.05, 0) is 24.1 Å². The summed E-state index contributed by atoms with van der Waals surface area (Å²) < 4.78 is 3.76. The molecule has 0 fully saturated rings. The van der Waals surface area contributed by atoms with E-state index in [9.17, 15) is 4.79 Å². The average Bonchev–Trinajstić information content (AvgIpc) is 2.37. The van der Waals surface area contributed by atoms with Gasteiger partial charge in [-0.15, -0.1) is 0 Å². The molecule has 1 rings (SSSR count). The topological polar surface area (TPSA) is 41.6 Å². The van der Waals surface area contributed by atoms with Crippen LogP contribution in [0.15, 0.2) is 24.3 Å². The maximum absolute atomic E-state index is 11.6. The Hall–Kier alpha value is -0.840. The van der Waals surface area contributed by atoms with Crippen molar-refractivity contribution in [3.63, 3.8) is 0 Å². The van der Waals surface area contributed by atoms with Gasteiger partial charge in [0.2, 0.25) is 10.0 Å². The number of aryl methyl sites for hydroxylation is 1. The number of hydrogen-bond donors (Lipinski definition) is 1. The quantitative estimate of drug-likeness (QED) is 0.673. The SMILES string of the molecule is CCc1ccc(OC(NC(=O)N(C)C)C(Cl)(Cl)Cl)cc1. The van der Waals surface area contributed by atoms with E-state index in [0.29, 0.717) is 5.75 Å². The van der Waals surface area contributed by atoms with E-state index in [1.807, 2.05) is 12.1 Å². The van der Waals surface area contributed by atoms with Gasteiger partial charge < -0.3 is 9.64 Å². The first-order valence-electron chi connectivity index (χ1n) is 6.04. The Kier molecular flexibility index (Phi) is 6.24. The monoisotopic (exact) mass is 338 g/mol. The zero-order chi connectivity index (χ0) is 15.3. The molecule has 1 unspecified atom stereocenters. The molecule has 1 aromatic rings. The van der Waals surface area contributed by atoms with Crippen molar-refractivity contribution in [3.8, 4) is 5.75 Å². The Balaban J connectivity index is 2.81. The highest BCUT2D eigenvalue weighted by atomic mass is 35.6. The van der Waals surface area contributed by atoms with Crippen molar-refractivity contribution < 1.29 is 9.53 Å². The number of carbonyl (C=O) groups excluding carboxylic acids is 1. The van der Waals surface area contributed by atoms with Crippen LogP contribution in [0.5, 0.6) is 5.75 Å². The molecule has 0 heterocycles. The van der Waals surface area contributed by atoms with Crippen molar-refractivity contribution >= 4 is 40.8 Å². The highest BCUT2D eigenvalue weighted by molar-refractivity contribution is 6.68. The van der Waals surface area contributed by atoms with Gasteiger partial charge in [-0.3, -0.25) is 5.32 Å². The summed E-state index contributed by atoms with van der Waals surface area (Å²) in [4.78, 5) is 13.0. The number of nitrogens with one attached hydrogen (secondary N) is 1. The van der Waals surface area contributed by atoms with Crippen molar-refractivity contribution in [2.75, 3.05) is 14.1 Å². The number of halogens is 3. The van der Waals surface area contributed by atoms with E-state index in [0.717, 1.165) is 6.42 Å². The van der Waals surface area contributed by atoms with E-state index in [4.69, 9.17) is 39.5 Å². The van der Waals surface area contributed by atoms with E-state index >= 15 is 0 Å². The minimum absolute atomic E-state index is 0.411. The van der Waals surface area contributed by atoms with Crippen LogP contribution in [0.4, 0.5) is 4.79 Å². The van der Waals surface area contributed by atoms with Crippen molar-refractivity contribution in [1.82, 2.24) is 10.2 Å². The molecule has 0 aliphatic rings. The van der Waals surface area contributed by atoms with Gasteiger partial charge in [-0.2, -0.15) is 0 Å². The van der Waals surface area contributed by atoms with Crippen LogP contribution in [-0.4, -0.2) is 35.0 Å². The molecule has 1 N–H and O–H groups in total. The van der Waals surface area contributed by atoms with Crippen LogP contribution in [0.1, 0.15) is 12.5 Å². The number of amides is 2. The van der Waals surface area contributed by atoms with E-state index in [1.54, 1.807) is 26.2 Å². The van der Waals surface area contributed by atoms with Gasteiger partial charge in [0, 0.05) is 14.1 Å². The van der Waals surface area contributed by atoms with Crippen LogP contribution in [-0.2, 0) is 6.42 Å². The molecule has 0 saturated heterocycles. The van der Waals surface area contributed by atoms with Crippen molar-refractivity contribution in [1.29, 1.82) is 0 Å². The summed E-state index contributed by atoms with van der Waals surface area (Å²) in [5, 5.41) is 2.50. The molecule has 0 aliphatic heterocycles. The second-order valence-electron chi connectivity index (χ2n) is 4.38. The minimum Gasteiger partial charge on any atom is -0.466 e. The maximum Gasteiger partial charge on any atom is 0.319 e. The molecule has 0 spiro atoms. The molecule has 0 aromatic heterocycles. The minimum atomic E-state index is -1.78. The summed E-state index contributed by atoms with van der Waals surface area (Å²) >= 11 is 17.5. The third kappa shape index (κ3) is 5.27. The lowest BCUT2D eigenvalue weighted by molar-refractivity contribution is 0.154. The number of carbonyl (C=O) groups is 1. The Morgan fingerprint density at radius 2 is 1.85 bits per heavy atom. The Morgan fingerprint density at radius 1 is 1.30 bits per heavy atom. The van der Waals surface area contributed by atoms with Crippen LogP contribution in [0.3, 0.4) is 0 Å². The zero-order valence-electron chi connectivity index (χ0n) is 11.5. The summed E-state index contributed by atoms with van der Waals surface area (Å²) in [7, 11) is 3.17. The van der Waals surface area contributed by atoms with Gasteiger partial charge in [0.05, 0.1) is 0 Å². The summed E-state index contributed by atoms with van der Waals surface area (Å²) in [5.74, 6) is 0.512. The number of alkyl halides is 3. The average molecular weight is 340 g/mol. The van der Waals surface area contributed by atoms with E-state index in [2.05, 4.69) is 12.2 Å². The van der Waals surface area contributed by atoms with E-state index in [-0.39, 0.29) is 0 Å². The van der Waals surface area contributed by atoms with E-state index < -0.39 is 16.1 Å². The van der Waals surface area contributed by atoms with Crippen LogP contribution in [0.2, 0.25) is 0 Å². The number of rotatable bonds is 4. The molecule has 20 heavy (non-hydrogen) atoms. The molecule has 2 amide bonds. The molecule has 4 nitrogen and oxygen atoms in total. The predicted octanol–water partition coefficient (Wildman–Crippen LogP) is 3.60. The Bertz CT molecular complexity index is 444. The molecule has 0 radical (unpaired) electrons. The molecule has 0 aliphatic carbocycles. The molecule has 0 saturated carbocycles. The number of benzene rings is 1.